The van der Waals surface area contributed by atoms with Crippen LogP contribution in [0.3, 0.4) is 0 Å². The molecule has 0 aromatic rings. The van der Waals surface area contributed by atoms with Crippen molar-refractivity contribution in [3.63, 3.8) is 0 Å². The minimum Gasteiger partial charge on any atom is -0.454 e. The van der Waals surface area contributed by atoms with E-state index in [-0.39, 0.29) is 5.57 Å². The van der Waals surface area contributed by atoms with Crippen molar-refractivity contribution in [2.45, 2.75) is 6.92 Å². The third-order valence-electron chi connectivity index (χ3n) is 0.776. The Balaban J connectivity index is 3.66. The van der Waals surface area contributed by atoms with E-state index in [0.29, 0.717) is 15.4 Å². The second-order valence-electron chi connectivity index (χ2n) is 1.93. The van der Waals surface area contributed by atoms with Gasteiger partial charge in [-0.05, 0) is 11.8 Å². The molecule has 0 aromatic carbocycles. The Labute approximate surface area is 70.1 Å². The predicted octanol–water partition coefficient (Wildman–Crippen LogP) is -1.99. The van der Waals surface area contributed by atoms with Crippen LogP contribution in [0.25, 0.3) is 0 Å². The number of hydrogen-bond donors (Lipinski definition) is 1. The van der Waals surface area contributed by atoms with E-state index in [9.17, 15) is 4.79 Å². The topological polar surface area (TPSA) is 59.0 Å². The van der Waals surface area contributed by atoms with Crippen LogP contribution in [0.5, 0.6) is 0 Å². The molecule has 0 radical (unpaired) electrons. The fourth-order valence-electron chi connectivity index (χ4n) is 0.310. The molecule has 0 atom stereocenters. The van der Waals surface area contributed by atoms with Gasteiger partial charge in [0.1, 0.15) is 10.5 Å². The van der Waals surface area contributed by atoms with Gasteiger partial charge in [-0.25, -0.2) is 4.79 Å². The van der Waals surface area contributed by atoms with Gasteiger partial charge in [0.2, 0.25) is 0 Å². The van der Waals surface area contributed by atoms with Crippen molar-refractivity contribution < 1.29 is 19.0 Å². The van der Waals surface area contributed by atoms with Crippen LogP contribution >= 0.6 is 0 Å². The zero-order chi connectivity index (χ0) is 8.85. The van der Waals surface area contributed by atoms with Crippen molar-refractivity contribution >= 4 is 26.4 Å². The second kappa shape index (κ2) is 5.21. The molecular weight excluding hydrogens is 182 g/mol. The monoisotopic (exact) mass is 193 g/mol. The average Bonchev–Trinajstić information content (AvgIpc) is 1.87. The minimum atomic E-state index is -1.26. The van der Waals surface area contributed by atoms with Crippen molar-refractivity contribution in [3.8, 4) is 0 Å². The first kappa shape index (κ1) is 10.5. The summed E-state index contributed by atoms with van der Waals surface area (Å²) in [6.45, 7) is 4.84. The van der Waals surface area contributed by atoms with E-state index in [4.69, 9.17) is 9.32 Å². The summed E-state index contributed by atoms with van der Waals surface area (Å²) in [6.07, 6.45) is 0. The molecule has 0 spiro atoms. The third-order valence-corrected chi connectivity index (χ3v) is 2.16. The number of hydrogen-bond acceptors (Lipinski definition) is 5. The summed E-state index contributed by atoms with van der Waals surface area (Å²) < 4.78 is 4.73. The van der Waals surface area contributed by atoms with E-state index in [1.54, 1.807) is 0 Å². The molecular formula is C4H11NO4Si2. The summed E-state index contributed by atoms with van der Waals surface area (Å²) in [5.41, 5.74) is 0.242. The van der Waals surface area contributed by atoms with Gasteiger partial charge in [-0.1, -0.05) is 6.58 Å². The fourth-order valence-corrected chi connectivity index (χ4v) is 1.36. The maximum atomic E-state index is 10.7. The molecule has 0 aliphatic carbocycles. The van der Waals surface area contributed by atoms with Crippen LogP contribution in [-0.4, -0.2) is 36.5 Å². The van der Waals surface area contributed by atoms with E-state index < -0.39 is 15.9 Å². The first-order valence-corrected chi connectivity index (χ1v) is 4.93. The summed E-state index contributed by atoms with van der Waals surface area (Å²) in [5.74, 6) is -0.640. The number of nitrogens with zero attached hydrogens (tertiary/aromatic N) is 1. The van der Waals surface area contributed by atoms with Gasteiger partial charge in [-0.2, -0.15) is 0 Å². The molecule has 0 unspecified atom stereocenters. The Hall–Kier alpha value is -0.476. The standard InChI is InChI=1S/C4H11NO4Si2/c1-3(2)4(6)8-5(7)11-9-10/h7H,1,11H2,2,10H3. The first-order chi connectivity index (χ1) is 5.07. The molecule has 0 aromatic heterocycles. The van der Waals surface area contributed by atoms with Gasteiger partial charge in [-0.15, -0.1) is 0 Å². The Bertz CT molecular complexity index is 162. The van der Waals surface area contributed by atoms with Crippen molar-refractivity contribution in [1.82, 2.24) is 4.89 Å². The van der Waals surface area contributed by atoms with Crippen molar-refractivity contribution in [3.05, 3.63) is 12.2 Å². The Morgan fingerprint density at radius 1 is 1.82 bits per heavy atom. The van der Waals surface area contributed by atoms with Gasteiger partial charge in [0.05, 0.1) is 0 Å². The molecule has 7 heteroatoms. The van der Waals surface area contributed by atoms with Crippen LogP contribution in [0.2, 0.25) is 0 Å². The predicted molar refractivity (Wildman–Crippen MR) is 44.1 cm³/mol. The second-order valence-corrected chi connectivity index (χ2v) is 5.04. The Morgan fingerprint density at radius 2 is 2.36 bits per heavy atom. The maximum Gasteiger partial charge on any atom is 0.353 e. The quantitative estimate of drug-likeness (QED) is 0.318. The molecule has 11 heavy (non-hydrogen) atoms. The normalized spacial score (nSPS) is 11.2. The van der Waals surface area contributed by atoms with Gasteiger partial charge in [0.15, 0.2) is 0 Å². The lowest BCUT2D eigenvalue weighted by Crippen LogP contribution is -2.29. The first-order valence-electron chi connectivity index (χ1n) is 2.91. The molecule has 0 fully saturated rings. The maximum absolute atomic E-state index is 10.7. The van der Waals surface area contributed by atoms with Gasteiger partial charge in [0.25, 0.3) is 0 Å². The number of carbonyl (C=O) groups excluding carboxylic acids is 1. The molecule has 64 valence electrons. The zero-order valence-corrected chi connectivity index (χ0v) is 9.95. The highest BCUT2D eigenvalue weighted by Crippen LogP contribution is 1.93. The largest absolute Gasteiger partial charge is 0.454 e. The van der Waals surface area contributed by atoms with Gasteiger partial charge >= 0.3 is 15.9 Å². The zero-order valence-electron chi connectivity index (χ0n) is 6.53. The molecule has 1 N–H and O–H groups in total. The minimum absolute atomic E-state index is 0.242. The van der Waals surface area contributed by atoms with Crippen LogP contribution < -0.4 is 0 Å². The third kappa shape index (κ3) is 4.87. The highest BCUT2D eigenvalue weighted by atomic mass is 28.3. The lowest BCUT2D eigenvalue weighted by atomic mass is 10.4. The highest BCUT2D eigenvalue weighted by Gasteiger charge is 2.08. The number of carbonyl (C=O) groups is 1. The molecule has 0 bridgehead atoms. The van der Waals surface area contributed by atoms with Crippen LogP contribution in [0, 0.1) is 0 Å². The summed E-state index contributed by atoms with van der Waals surface area (Å²) in [4.78, 5) is 15.5. The highest BCUT2D eigenvalue weighted by molar-refractivity contribution is 6.30. The van der Waals surface area contributed by atoms with Crippen LogP contribution in [0.4, 0.5) is 0 Å². The molecule has 5 nitrogen and oxygen atoms in total. The Morgan fingerprint density at radius 3 is 2.73 bits per heavy atom. The van der Waals surface area contributed by atoms with E-state index in [1.807, 2.05) is 0 Å². The van der Waals surface area contributed by atoms with Gasteiger partial charge < -0.3 is 8.95 Å². The molecule has 0 heterocycles. The molecule has 0 aliphatic rings. The summed E-state index contributed by atoms with van der Waals surface area (Å²) in [7, 11) is -0.732. The van der Waals surface area contributed by atoms with Crippen molar-refractivity contribution in [2.75, 3.05) is 0 Å². The van der Waals surface area contributed by atoms with Crippen LogP contribution in [0.1, 0.15) is 6.92 Å². The smallest absolute Gasteiger partial charge is 0.353 e. The number of rotatable bonds is 4. The van der Waals surface area contributed by atoms with E-state index >= 15 is 0 Å². The van der Waals surface area contributed by atoms with Crippen molar-refractivity contribution in [2.24, 2.45) is 0 Å². The Kier molecular flexibility index (Phi) is 4.98. The van der Waals surface area contributed by atoms with Crippen molar-refractivity contribution in [1.29, 1.82) is 0 Å². The van der Waals surface area contributed by atoms with E-state index in [2.05, 4.69) is 11.4 Å². The van der Waals surface area contributed by atoms with E-state index in [0.717, 1.165) is 0 Å². The SMILES string of the molecule is C=C(C)C(=O)ON(O)[SiH2]O[SiH3]. The molecule has 0 rings (SSSR count). The average molecular weight is 193 g/mol. The summed E-state index contributed by atoms with van der Waals surface area (Å²) >= 11 is 0. The van der Waals surface area contributed by atoms with E-state index in [1.165, 1.54) is 6.92 Å². The molecule has 0 saturated carbocycles. The summed E-state index contributed by atoms with van der Waals surface area (Å²) in [5, 5.41) is 8.78. The summed E-state index contributed by atoms with van der Waals surface area (Å²) in [6, 6.07) is 0. The van der Waals surface area contributed by atoms with Gasteiger partial charge in [-0.3, -0.25) is 5.21 Å². The van der Waals surface area contributed by atoms with Gasteiger partial charge in [0, 0.05) is 5.57 Å². The molecule has 0 aliphatic heterocycles. The molecule has 0 saturated heterocycles. The molecule has 0 amide bonds. The lowest BCUT2D eigenvalue weighted by Gasteiger charge is -2.11. The fraction of sp³-hybridized carbons (Fsp3) is 0.250. The van der Waals surface area contributed by atoms with Crippen LogP contribution in [0.15, 0.2) is 12.2 Å². The van der Waals surface area contributed by atoms with Crippen LogP contribution in [-0.2, 0) is 13.7 Å². The lowest BCUT2D eigenvalue weighted by molar-refractivity contribution is -0.259.